The molecule has 3 aromatic carbocycles. The fourth-order valence-corrected chi connectivity index (χ4v) is 5.49. The Morgan fingerprint density at radius 1 is 0.975 bits per heavy atom. The SMILES string of the molecule is CCNC(=O)C(C)N(Cc1ccc(F)cc1)C(=O)CN(c1ccc(Cl)cc1)S(=O)(=O)c1ccc(OC)c(OC)c1. The van der Waals surface area contributed by atoms with Crippen LogP contribution < -0.4 is 19.1 Å². The van der Waals surface area contributed by atoms with Crippen LogP contribution in [0.5, 0.6) is 11.5 Å². The second-order valence-corrected chi connectivity index (χ2v) is 11.0. The zero-order chi connectivity index (χ0) is 29.4. The van der Waals surface area contributed by atoms with Crippen molar-refractivity contribution in [2.45, 2.75) is 31.3 Å². The largest absolute Gasteiger partial charge is 0.493 e. The molecule has 0 fully saturated rings. The van der Waals surface area contributed by atoms with E-state index in [1.807, 2.05) is 0 Å². The van der Waals surface area contributed by atoms with Crippen LogP contribution in [0.3, 0.4) is 0 Å². The fraction of sp³-hybridized carbons (Fsp3) is 0.286. The predicted molar refractivity (Wildman–Crippen MR) is 151 cm³/mol. The molecule has 9 nitrogen and oxygen atoms in total. The standard InChI is InChI=1S/C28H31ClFN3O6S/c1-5-31-28(35)19(2)32(17-20-6-10-22(30)11-7-20)27(34)18-33(23-12-8-21(29)9-13-23)40(36,37)24-14-15-25(38-3)26(16-24)39-4/h6-16,19H,5,17-18H2,1-4H3,(H,31,35). The first kappa shape index (κ1) is 30.7. The van der Waals surface area contributed by atoms with Crippen LogP contribution in [0.25, 0.3) is 0 Å². The highest BCUT2D eigenvalue weighted by Gasteiger charge is 2.33. The molecule has 3 aromatic rings. The van der Waals surface area contributed by atoms with Crippen LogP contribution in [0.15, 0.2) is 71.6 Å². The molecule has 0 aliphatic heterocycles. The van der Waals surface area contributed by atoms with E-state index in [1.165, 1.54) is 85.8 Å². The lowest BCUT2D eigenvalue weighted by Gasteiger charge is -2.32. The van der Waals surface area contributed by atoms with Crippen LogP contribution in [-0.2, 0) is 26.2 Å². The molecule has 0 radical (unpaired) electrons. The maximum atomic E-state index is 14.0. The highest BCUT2D eigenvalue weighted by atomic mass is 35.5. The fourth-order valence-electron chi connectivity index (χ4n) is 3.93. The van der Waals surface area contributed by atoms with Gasteiger partial charge >= 0.3 is 0 Å². The van der Waals surface area contributed by atoms with Crippen LogP contribution in [0.4, 0.5) is 10.1 Å². The van der Waals surface area contributed by atoms with E-state index in [4.69, 9.17) is 21.1 Å². The molecule has 0 heterocycles. The molecule has 12 heteroatoms. The molecule has 0 bridgehead atoms. The molecule has 1 N–H and O–H groups in total. The second kappa shape index (κ2) is 13.5. The number of ether oxygens (including phenoxy) is 2. The summed E-state index contributed by atoms with van der Waals surface area (Å²) in [5, 5.41) is 3.06. The number of nitrogens with zero attached hydrogens (tertiary/aromatic N) is 2. The molecule has 40 heavy (non-hydrogen) atoms. The number of hydrogen-bond donors (Lipinski definition) is 1. The molecule has 0 aliphatic carbocycles. The Morgan fingerprint density at radius 3 is 2.17 bits per heavy atom. The molecule has 0 aromatic heterocycles. The molecule has 0 saturated heterocycles. The smallest absolute Gasteiger partial charge is 0.264 e. The van der Waals surface area contributed by atoms with Gasteiger partial charge in [0.25, 0.3) is 10.0 Å². The quantitative estimate of drug-likeness (QED) is 0.338. The number of amides is 2. The van der Waals surface area contributed by atoms with Gasteiger partial charge in [0, 0.05) is 24.2 Å². The summed E-state index contributed by atoms with van der Waals surface area (Å²) in [6.45, 7) is 2.94. The number of benzene rings is 3. The highest BCUT2D eigenvalue weighted by molar-refractivity contribution is 7.92. The summed E-state index contributed by atoms with van der Waals surface area (Å²) >= 11 is 6.04. The third-order valence-electron chi connectivity index (χ3n) is 6.12. The van der Waals surface area contributed by atoms with Gasteiger partial charge in [-0.15, -0.1) is 0 Å². The summed E-state index contributed by atoms with van der Waals surface area (Å²) in [4.78, 5) is 27.7. The van der Waals surface area contributed by atoms with Crippen molar-refractivity contribution in [2.24, 2.45) is 0 Å². The Kier molecular flexibility index (Phi) is 10.4. The van der Waals surface area contributed by atoms with E-state index in [9.17, 15) is 22.4 Å². The maximum Gasteiger partial charge on any atom is 0.264 e. The number of methoxy groups -OCH3 is 2. The summed E-state index contributed by atoms with van der Waals surface area (Å²) in [5.74, 6) is -1.00. The Labute approximate surface area is 238 Å². The minimum atomic E-state index is -4.33. The first-order chi connectivity index (χ1) is 19.0. The van der Waals surface area contributed by atoms with E-state index in [0.717, 1.165) is 4.31 Å². The molecule has 3 rings (SSSR count). The van der Waals surface area contributed by atoms with Crippen molar-refractivity contribution >= 4 is 39.1 Å². The number of rotatable bonds is 12. The van der Waals surface area contributed by atoms with Crippen molar-refractivity contribution in [1.29, 1.82) is 0 Å². The maximum absolute atomic E-state index is 14.0. The number of carbonyl (C=O) groups is 2. The molecule has 2 amide bonds. The van der Waals surface area contributed by atoms with Crippen LogP contribution in [-0.4, -0.2) is 58.5 Å². The average molecular weight is 592 g/mol. The van der Waals surface area contributed by atoms with E-state index < -0.39 is 40.2 Å². The van der Waals surface area contributed by atoms with Crippen LogP contribution in [0, 0.1) is 5.82 Å². The monoisotopic (exact) mass is 591 g/mol. The topological polar surface area (TPSA) is 105 Å². The highest BCUT2D eigenvalue weighted by Crippen LogP contribution is 2.32. The van der Waals surface area contributed by atoms with E-state index in [1.54, 1.807) is 13.8 Å². The van der Waals surface area contributed by atoms with Gasteiger partial charge in [0.05, 0.1) is 24.8 Å². The predicted octanol–water partition coefficient (Wildman–Crippen LogP) is 4.25. The van der Waals surface area contributed by atoms with Crippen molar-refractivity contribution in [3.8, 4) is 11.5 Å². The van der Waals surface area contributed by atoms with Gasteiger partial charge in [-0.1, -0.05) is 23.7 Å². The summed E-state index contributed by atoms with van der Waals surface area (Å²) in [7, 11) is -1.52. The number of likely N-dealkylation sites (N-methyl/N-ethyl adjacent to an activating group) is 1. The number of halogens is 2. The van der Waals surface area contributed by atoms with E-state index >= 15 is 0 Å². The molecule has 0 aliphatic rings. The molecular formula is C28H31ClFN3O6S. The molecule has 0 saturated carbocycles. The molecule has 0 spiro atoms. The molecular weight excluding hydrogens is 561 g/mol. The first-order valence-corrected chi connectivity index (χ1v) is 14.2. The van der Waals surface area contributed by atoms with Crippen molar-refractivity contribution in [3.63, 3.8) is 0 Å². The lowest BCUT2D eigenvalue weighted by molar-refractivity contribution is -0.139. The Morgan fingerprint density at radius 2 is 1.60 bits per heavy atom. The second-order valence-electron chi connectivity index (χ2n) is 8.72. The third kappa shape index (κ3) is 7.22. The third-order valence-corrected chi connectivity index (χ3v) is 8.14. The van der Waals surface area contributed by atoms with Gasteiger partial charge in [0.1, 0.15) is 18.4 Å². The van der Waals surface area contributed by atoms with Gasteiger partial charge in [-0.05, 0) is 67.9 Å². The number of sulfonamides is 1. The van der Waals surface area contributed by atoms with Gasteiger partial charge < -0.3 is 19.7 Å². The van der Waals surface area contributed by atoms with E-state index in [2.05, 4.69) is 5.32 Å². The van der Waals surface area contributed by atoms with Crippen molar-refractivity contribution in [3.05, 3.63) is 83.1 Å². The van der Waals surface area contributed by atoms with Crippen LogP contribution >= 0.6 is 11.6 Å². The van der Waals surface area contributed by atoms with Gasteiger partial charge in [-0.2, -0.15) is 0 Å². The summed E-state index contributed by atoms with van der Waals surface area (Å²) in [6.07, 6.45) is 0. The Bertz CT molecular complexity index is 1440. The van der Waals surface area contributed by atoms with E-state index in [-0.39, 0.29) is 22.9 Å². The van der Waals surface area contributed by atoms with Gasteiger partial charge in [-0.3, -0.25) is 13.9 Å². The van der Waals surface area contributed by atoms with Gasteiger partial charge in [0.2, 0.25) is 11.8 Å². The van der Waals surface area contributed by atoms with Gasteiger partial charge in [-0.25, -0.2) is 12.8 Å². The van der Waals surface area contributed by atoms with Crippen molar-refractivity contribution in [2.75, 3.05) is 31.6 Å². The lowest BCUT2D eigenvalue weighted by atomic mass is 10.1. The zero-order valence-corrected chi connectivity index (χ0v) is 24.1. The number of hydrogen-bond acceptors (Lipinski definition) is 6. The number of carbonyl (C=O) groups excluding carboxylic acids is 2. The van der Waals surface area contributed by atoms with E-state index in [0.29, 0.717) is 22.9 Å². The molecule has 1 unspecified atom stereocenters. The van der Waals surface area contributed by atoms with Crippen molar-refractivity contribution in [1.82, 2.24) is 10.2 Å². The first-order valence-electron chi connectivity index (χ1n) is 12.3. The number of nitrogens with one attached hydrogen (secondary N) is 1. The van der Waals surface area contributed by atoms with Gasteiger partial charge in [0.15, 0.2) is 11.5 Å². The van der Waals surface area contributed by atoms with Crippen LogP contribution in [0.2, 0.25) is 5.02 Å². The summed E-state index contributed by atoms with van der Waals surface area (Å²) < 4.78 is 52.8. The normalized spacial score (nSPS) is 11.8. The van der Waals surface area contributed by atoms with Crippen LogP contribution in [0.1, 0.15) is 19.4 Å². The zero-order valence-electron chi connectivity index (χ0n) is 22.6. The minimum Gasteiger partial charge on any atom is -0.493 e. The summed E-state index contributed by atoms with van der Waals surface area (Å²) in [6, 6.07) is 14.6. The average Bonchev–Trinajstić information content (AvgIpc) is 2.95. The van der Waals surface area contributed by atoms with Crippen molar-refractivity contribution < 1.29 is 31.9 Å². The lowest BCUT2D eigenvalue weighted by Crippen LogP contribution is -2.51. The Balaban J connectivity index is 2.06. The number of anilines is 1. The summed E-state index contributed by atoms with van der Waals surface area (Å²) in [5.41, 5.74) is 0.742. The molecule has 1 atom stereocenters. The Hall–Kier alpha value is -3.83. The minimum absolute atomic E-state index is 0.0533. The molecule has 214 valence electrons.